The van der Waals surface area contributed by atoms with E-state index in [4.69, 9.17) is 0 Å². The lowest BCUT2D eigenvalue weighted by Crippen LogP contribution is -2.25. The number of hydrogen-bond acceptors (Lipinski definition) is 3. The molecule has 142 valence electrons. The lowest BCUT2D eigenvalue weighted by Gasteiger charge is -2.13. The molecule has 7 heteroatoms. The molecule has 0 atom stereocenters. The molecule has 4 rings (SSSR count). The van der Waals surface area contributed by atoms with Crippen molar-refractivity contribution < 1.29 is 9.18 Å². The van der Waals surface area contributed by atoms with Crippen LogP contribution in [0.3, 0.4) is 0 Å². The highest BCUT2D eigenvalue weighted by atomic mass is 19.1. The van der Waals surface area contributed by atoms with E-state index in [0.717, 1.165) is 0 Å². The van der Waals surface area contributed by atoms with Crippen molar-refractivity contribution in [2.45, 2.75) is 20.4 Å². The lowest BCUT2D eigenvalue weighted by atomic mass is 10.1. The molecule has 0 aliphatic heterocycles. The molecule has 0 aliphatic carbocycles. The van der Waals surface area contributed by atoms with Gasteiger partial charge in [0.1, 0.15) is 5.82 Å². The quantitative estimate of drug-likeness (QED) is 0.565. The van der Waals surface area contributed by atoms with Crippen molar-refractivity contribution in [2.75, 3.05) is 5.32 Å². The zero-order chi connectivity index (χ0) is 19.8. The highest BCUT2D eigenvalue weighted by molar-refractivity contribution is 6.14. The molecule has 2 N–H and O–H groups in total. The van der Waals surface area contributed by atoms with Crippen LogP contribution in [0.25, 0.3) is 21.7 Å². The first-order valence-electron chi connectivity index (χ1n) is 9.02. The summed E-state index contributed by atoms with van der Waals surface area (Å²) in [5.74, 6) is -0.579. The van der Waals surface area contributed by atoms with Gasteiger partial charge in [0.2, 0.25) is 0 Å². The van der Waals surface area contributed by atoms with Gasteiger partial charge in [0.25, 0.3) is 11.5 Å². The van der Waals surface area contributed by atoms with E-state index in [9.17, 15) is 14.0 Å². The molecule has 0 spiro atoms. The third-order valence-corrected chi connectivity index (χ3v) is 4.57. The van der Waals surface area contributed by atoms with Crippen LogP contribution in [-0.4, -0.2) is 20.7 Å². The van der Waals surface area contributed by atoms with Crippen LogP contribution in [0.4, 0.5) is 10.2 Å². The molecular formula is C21H19FN4O2. The van der Waals surface area contributed by atoms with Crippen molar-refractivity contribution >= 4 is 33.4 Å². The summed E-state index contributed by atoms with van der Waals surface area (Å²) in [4.78, 5) is 25.8. The molecule has 6 nitrogen and oxygen atoms in total. The first-order chi connectivity index (χ1) is 13.5. The van der Waals surface area contributed by atoms with Crippen LogP contribution in [0.1, 0.15) is 24.2 Å². The SMILES string of the molecule is CC(C)Cn1cc(C(=O)Nc2n[nH]c3cccc(F)c23)c2ccccc2c1=O. The number of carbonyl (C=O) groups excluding carboxylic acids is 1. The van der Waals surface area contributed by atoms with Gasteiger partial charge in [0, 0.05) is 23.5 Å². The number of hydrogen-bond donors (Lipinski definition) is 2. The molecule has 0 saturated heterocycles. The monoisotopic (exact) mass is 378 g/mol. The van der Waals surface area contributed by atoms with E-state index < -0.39 is 11.7 Å². The Bertz CT molecular complexity index is 1260. The molecule has 0 radical (unpaired) electrons. The number of H-pyrrole nitrogens is 1. The Labute approximate surface area is 160 Å². The Kier molecular flexibility index (Phi) is 4.43. The molecule has 1 amide bonds. The summed E-state index contributed by atoms with van der Waals surface area (Å²) in [6.07, 6.45) is 1.56. The number of anilines is 1. The largest absolute Gasteiger partial charge is 0.314 e. The minimum absolute atomic E-state index is 0.115. The first-order valence-corrected chi connectivity index (χ1v) is 9.02. The fourth-order valence-corrected chi connectivity index (χ4v) is 3.35. The maximum Gasteiger partial charge on any atom is 0.259 e. The fourth-order valence-electron chi connectivity index (χ4n) is 3.35. The molecule has 2 aromatic heterocycles. The van der Waals surface area contributed by atoms with Crippen molar-refractivity contribution in [3.05, 3.63) is 70.4 Å². The summed E-state index contributed by atoms with van der Waals surface area (Å²) >= 11 is 0. The Morgan fingerprint density at radius 3 is 2.68 bits per heavy atom. The number of carbonyl (C=O) groups is 1. The van der Waals surface area contributed by atoms with Crippen molar-refractivity contribution in [2.24, 2.45) is 5.92 Å². The Hall–Kier alpha value is -3.48. The van der Waals surface area contributed by atoms with Crippen LogP contribution in [0, 0.1) is 11.7 Å². The van der Waals surface area contributed by atoms with E-state index in [1.807, 2.05) is 13.8 Å². The van der Waals surface area contributed by atoms with Crippen LogP contribution in [0.2, 0.25) is 0 Å². The normalized spacial score (nSPS) is 11.4. The maximum absolute atomic E-state index is 14.2. The van der Waals surface area contributed by atoms with Gasteiger partial charge < -0.3 is 9.88 Å². The topological polar surface area (TPSA) is 79.8 Å². The number of aromatic nitrogens is 3. The number of halogens is 1. The molecule has 2 heterocycles. The van der Waals surface area contributed by atoms with Gasteiger partial charge in [-0.1, -0.05) is 38.1 Å². The van der Waals surface area contributed by atoms with E-state index in [2.05, 4.69) is 15.5 Å². The number of nitrogens with zero attached hydrogens (tertiary/aromatic N) is 2. The van der Waals surface area contributed by atoms with Gasteiger partial charge in [-0.15, -0.1) is 0 Å². The molecule has 0 fully saturated rings. The number of rotatable bonds is 4. The number of pyridine rings is 1. The van der Waals surface area contributed by atoms with Gasteiger partial charge in [-0.05, 0) is 24.1 Å². The van der Waals surface area contributed by atoms with Gasteiger partial charge in [0.15, 0.2) is 5.82 Å². The van der Waals surface area contributed by atoms with Crippen LogP contribution in [0.15, 0.2) is 53.5 Å². The lowest BCUT2D eigenvalue weighted by molar-refractivity contribution is 0.102. The molecule has 4 aromatic rings. The fraction of sp³-hybridized carbons (Fsp3) is 0.190. The minimum Gasteiger partial charge on any atom is -0.314 e. The van der Waals surface area contributed by atoms with Gasteiger partial charge in [-0.2, -0.15) is 5.10 Å². The molecule has 2 aromatic carbocycles. The predicted molar refractivity (Wildman–Crippen MR) is 107 cm³/mol. The third-order valence-electron chi connectivity index (χ3n) is 4.57. The first kappa shape index (κ1) is 17.9. The summed E-state index contributed by atoms with van der Waals surface area (Å²) in [5, 5.41) is 10.6. The molecule has 28 heavy (non-hydrogen) atoms. The number of amides is 1. The van der Waals surface area contributed by atoms with E-state index >= 15 is 0 Å². The van der Waals surface area contributed by atoms with E-state index in [-0.39, 0.29) is 22.7 Å². The van der Waals surface area contributed by atoms with Crippen LogP contribution >= 0.6 is 0 Å². The number of aromatic amines is 1. The van der Waals surface area contributed by atoms with Crippen molar-refractivity contribution in [1.29, 1.82) is 0 Å². The highest BCUT2D eigenvalue weighted by Crippen LogP contribution is 2.25. The second kappa shape index (κ2) is 6.92. The van der Waals surface area contributed by atoms with E-state index in [1.165, 1.54) is 6.07 Å². The smallest absolute Gasteiger partial charge is 0.259 e. The Morgan fingerprint density at radius 2 is 1.93 bits per heavy atom. The highest BCUT2D eigenvalue weighted by Gasteiger charge is 2.18. The van der Waals surface area contributed by atoms with Crippen LogP contribution < -0.4 is 10.9 Å². The van der Waals surface area contributed by atoms with Crippen molar-refractivity contribution in [3.8, 4) is 0 Å². The average molecular weight is 378 g/mol. The van der Waals surface area contributed by atoms with Crippen molar-refractivity contribution in [1.82, 2.24) is 14.8 Å². The van der Waals surface area contributed by atoms with Crippen LogP contribution in [0.5, 0.6) is 0 Å². The molecule has 0 saturated carbocycles. The zero-order valence-corrected chi connectivity index (χ0v) is 15.5. The molecule has 0 aliphatic rings. The van der Waals surface area contributed by atoms with Gasteiger partial charge in [0.05, 0.1) is 16.5 Å². The molecule has 0 bridgehead atoms. The van der Waals surface area contributed by atoms with Gasteiger partial charge in [-0.25, -0.2) is 4.39 Å². The number of benzene rings is 2. The van der Waals surface area contributed by atoms with E-state index in [1.54, 1.807) is 47.2 Å². The summed E-state index contributed by atoms with van der Waals surface area (Å²) in [6, 6.07) is 11.5. The molecular weight excluding hydrogens is 359 g/mol. The standard InChI is InChI=1S/C21H19FN4O2/c1-12(2)10-26-11-15(13-6-3-4-7-14(13)21(26)28)20(27)23-19-18-16(22)8-5-9-17(18)24-25-19/h3-9,11-12H,10H2,1-2H3,(H2,23,24,25,27). The van der Waals surface area contributed by atoms with Crippen molar-refractivity contribution in [3.63, 3.8) is 0 Å². The molecule has 0 unspecified atom stereocenters. The Balaban J connectivity index is 1.82. The summed E-state index contributed by atoms with van der Waals surface area (Å²) < 4.78 is 15.7. The second-order valence-electron chi connectivity index (χ2n) is 7.13. The predicted octanol–water partition coefficient (Wildman–Crippen LogP) is 3.93. The summed E-state index contributed by atoms with van der Waals surface area (Å²) in [6.45, 7) is 4.49. The van der Waals surface area contributed by atoms with Crippen LogP contribution in [-0.2, 0) is 6.54 Å². The number of fused-ring (bicyclic) bond motifs is 2. The third kappa shape index (κ3) is 3.05. The second-order valence-corrected chi connectivity index (χ2v) is 7.13. The zero-order valence-electron chi connectivity index (χ0n) is 15.5. The maximum atomic E-state index is 14.2. The average Bonchev–Trinajstić information content (AvgIpc) is 3.08. The van der Waals surface area contributed by atoms with E-state index in [0.29, 0.717) is 28.4 Å². The summed E-state index contributed by atoms with van der Waals surface area (Å²) in [7, 11) is 0. The van der Waals surface area contributed by atoms with Gasteiger partial charge >= 0.3 is 0 Å². The van der Waals surface area contributed by atoms with Gasteiger partial charge in [-0.3, -0.25) is 14.7 Å². The Morgan fingerprint density at radius 1 is 1.18 bits per heavy atom. The number of nitrogens with one attached hydrogen (secondary N) is 2. The summed E-state index contributed by atoms with van der Waals surface area (Å²) in [5.41, 5.74) is 0.686. The minimum atomic E-state index is -0.476.